The highest BCUT2D eigenvalue weighted by Gasteiger charge is 2.17. The number of aliphatic carboxylic acids is 1. The van der Waals surface area contributed by atoms with Gasteiger partial charge < -0.3 is 5.11 Å². The van der Waals surface area contributed by atoms with Crippen molar-refractivity contribution in [2.45, 2.75) is 13.3 Å². The number of hydrogen-bond donors (Lipinski definition) is 1. The van der Waals surface area contributed by atoms with Crippen LogP contribution in [-0.2, 0) is 11.2 Å². The average molecular weight is 330 g/mol. The Kier molecular flexibility index (Phi) is 3.73. The topological polar surface area (TPSA) is 55.1 Å². The third-order valence-corrected chi connectivity index (χ3v) is 3.59. The Morgan fingerprint density at radius 1 is 1.50 bits per heavy atom. The zero-order chi connectivity index (χ0) is 13.3. The van der Waals surface area contributed by atoms with E-state index < -0.39 is 5.97 Å². The Hall–Kier alpha value is -1.33. The Morgan fingerprint density at radius 3 is 2.78 bits per heavy atom. The van der Waals surface area contributed by atoms with E-state index in [0.29, 0.717) is 16.4 Å². The molecule has 1 N–H and O–H groups in total. The van der Waals surface area contributed by atoms with Gasteiger partial charge in [-0.15, -0.1) is 0 Å². The molecular formula is C12H10BrClN2O2. The average Bonchev–Trinajstić information content (AvgIpc) is 2.57. The maximum Gasteiger partial charge on any atom is 0.308 e. The molecule has 0 aliphatic heterocycles. The first-order valence-corrected chi connectivity index (χ1v) is 6.38. The van der Waals surface area contributed by atoms with Crippen LogP contribution in [0.3, 0.4) is 0 Å². The number of carbonyl (C=O) groups is 1. The third-order valence-electron chi connectivity index (χ3n) is 2.53. The van der Waals surface area contributed by atoms with Gasteiger partial charge >= 0.3 is 5.97 Å². The molecule has 6 heteroatoms. The summed E-state index contributed by atoms with van der Waals surface area (Å²) in [7, 11) is 0. The SMILES string of the molecule is Cc1nn(-c2ccccc2Br)c(Cl)c1CC(=O)O. The highest BCUT2D eigenvalue weighted by molar-refractivity contribution is 9.10. The Bertz CT molecular complexity index is 610. The minimum Gasteiger partial charge on any atom is -0.481 e. The normalized spacial score (nSPS) is 10.6. The van der Waals surface area contributed by atoms with Crippen molar-refractivity contribution in [3.63, 3.8) is 0 Å². The molecule has 1 heterocycles. The van der Waals surface area contributed by atoms with Gasteiger partial charge in [-0.25, -0.2) is 4.68 Å². The number of carboxylic acid groups (broad SMARTS) is 1. The molecule has 4 nitrogen and oxygen atoms in total. The van der Waals surface area contributed by atoms with Crippen molar-refractivity contribution in [1.82, 2.24) is 9.78 Å². The molecule has 0 unspecified atom stereocenters. The number of halogens is 2. The fourth-order valence-electron chi connectivity index (χ4n) is 1.67. The van der Waals surface area contributed by atoms with Crippen LogP contribution in [0.4, 0.5) is 0 Å². The number of rotatable bonds is 3. The monoisotopic (exact) mass is 328 g/mol. The minimum atomic E-state index is -0.924. The summed E-state index contributed by atoms with van der Waals surface area (Å²) in [5.74, 6) is -0.924. The van der Waals surface area contributed by atoms with Gasteiger partial charge in [0.15, 0.2) is 0 Å². The van der Waals surface area contributed by atoms with E-state index in [2.05, 4.69) is 21.0 Å². The first-order chi connectivity index (χ1) is 8.50. The number of hydrogen-bond acceptors (Lipinski definition) is 2. The van der Waals surface area contributed by atoms with Crippen LogP contribution in [-0.4, -0.2) is 20.9 Å². The smallest absolute Gasteiger partial charge is 0.308 e. The van der Waals surface area contributed by atoms with E-state index in [-0.39, 0.29) is 6.42 Å². The molecule has 94 valence electrons. The second-order valence-corrected chi connectivity index (χ2v) is 5.00. The molecule has 1 aromatic carbocycles. The van der Waals surface area contributed by atoms with Gasteiger partial charge in [0, 0.05) is 10.0 Å². The van der Waals surface area contributed by atoms with Gasteiger partial charge in [0.1, 0.15) is 5.15 Å². The quantitative estimate of drug-likeness (QED) is 0.940. The summed E-state index contributed by atoms with van der Waals surface area (Å²) in [4.78, 5) is 10.8. The van der Waals surface area contributed by atoms with Gasteiger partial charge in [-0.2, -0.15) is 5.10 Å². The predicted octanol–water partition coefficient (Wildman–Crippen LogP) is 3.22. The second-order valence-electron chi connectivity index (χ2n) is 3.79. The maximum atomic E-state index is 10.8. The number of para-hydroxylation sites is 1. The highest BCUT2D eigenvalue weighted by Crippen LogP contribution is 2.27. The van der Waals surface area contributed by atoms with Gasteiger partial charge in [-0.1, -0.05) is 23.7 Å². The predicted molar refractivity (Wildman–Crippen MR) is 72.4 cm³/mol. The standard InChI is InChI=1S/C12H10BrClN2O2/c1-7-8(6-11(17)18)12(14)16(15-7)10-5-3-2-4-9(10)13/h2-5H,6H2,1H3,(H,17,18). The first kappa shape index (κ1) is 13.1. The summed E-state index contributed by atoms with van der Waals surface area (Å²) >= 11 is 9.61. The largest absolute Gasteiger partial charge is 0.481 e. The third kappa shape index (κ3) is 2.42. The lowest BCUT2D eigenvalue weighted by Gasteiger charge is -2.05. The van der Waals surface area contributed by atoms with Crippen molar-refractivity contribution in [2.24, 2.45) is 0 Å². The van der Waals surface area contributed by atoms with Crippen molar-refractivity contribution < 1.29 is 9.90 Å². The molecule has 0 aliphatic carbocycles. The summed E-state index contributed by atoms with van der Waals surface area (Å²) in [6, 6.07) is 7.48. The second kappa shape index (κ2) is 5.12. The Labute approximate surface area is 117 Å². The highest BCUT2D eigenvalue weighted by atomic mass is 79.9. The lowest BCUT2D eigenvalue weighted by Crippen LogP contribution is -2.01. The molecule has 0 fully saturated rings. The van der Waals surface area contributed by atoms with Crippen LogP contribution in [0.1, 0.15) is 11.3 Å². The molecular weight excluding hydrogens is 320 g/mol. The number of aryl methyl sites for hydroxylation is 1. The molecule has 0 spiro atoms. The van der Waals surface area contributed by atoms with Crippen LogP contribution in [0.2, 0.25) is 5.15 Å². The van der Waals surface area contributed by atoms with Crippen molar-refractivity contribution in [3.05, 3.63) is 45.1 Å². The van der Waals surface area contributed by atoms with E-state index in [1.54, 1.807) is 11.6 Å². The van der Waals surface area contributed by atoms with E-state index in [4.69, 9.17) is 16.7 Å². The van der Waals surface area contributed by atoms with Crippen LogP contribution in [0.25, 0.3) is 5.69 Å². The van der Waals surface area contributed by atoms with Crippen LogP contribution >= 0.6 is 27.5 Å². The Balaban J connectivity index is 2.54. The van der Waals surface area contributed by atoms with Gasteiger partial charge in [-0.05, 0) is 35.0 Å². The van der Waals surface area contributed by atoms with Crippen molar-refractivity contribution in [2.75, 3.05) is 0 Å². The molecule has 0 saturated carbocycles. The molecule has 0 amide bonds. The molecule has 0 atom stereocenters. The fourth-order valence-corrected chi connectivity index (χ4v) is 2.45. The van der Waals surface area contributed by atoms with E-state index >= 15 is 0 Å². The molecule has 0 saturated heterocycles. The molecule has 1 aromatic heterocycles. The zero-order valence-corrected chi connectivity index (χ0v) is 11.9. The van der Waals surface area contributed by atoms with Crippen molar-refractivity contribution in [3.8, 4) is 5.69 Å². The lowest BCUT2D eigenvalue weighted by atomic mass is 10.2. The van der Waals surface area contributed by atoms with Crippen LogP contribution in [0.15, 0.2) is 28.7 Å². The summed E-state index contributed by atoms with van der Waals surface area (Å²) in [5.41, 5.74) is 1.94. The molecule has 18 heavy (non-hydrogen) atoms. The Morgan fingerprint density at radius 2 is 2.17 bits per heavy atom. The number of nitrogens with zero attached hydrogens (tertiary/aromatic N) is 2. The minimum absolute atomic E-state index is 0.130. The molecule has 2 rings (SSSR count). The lowest BCUT2D eigenvalue weighted by molar-refractivity contribution is -0.136. The van der Waals surface area contributed by atoms with Gasteiger partial charge in [0.05, 0.1) is 17.8 Å². The maximum absolute atomic E-state index is 10.8. The zero-order valence-electron chi connectivity index (χ0n) is 9.52. The molecule has 2 aromatic rings. The summed E-state index contributed by atoms with van der Waals surface area (Å²) < 4.78 is 2.38. The van der Waals surface area contributed by atoms with Gasteiger partial charge in [0.2, 0.25) is 0 Å². The van der Waals surface area contributed by atoms with Crippen molar-refractivity contribution in [1.29, 1.82) is 0 Å². The van der Waals surface area contributed by atoms with Crippen LogP contribution in [0.5, 0.6) is 0 Å². The van der Waals surface area contributed by atoms with Gasteiger partial charge in [-0.3, -0.25) is 4.79 Å². The fraction of sp³-hybridized carbons (Fsp3) is 0.167. The molecule has 0 bridgehead atoms. The van der Waals surface area contributed by atoms with Crippen LogP contribution in [0, 0.1) is 6.92 Å². The van der Waals surface area contributed by atoms with E-state index in [1.807, 2.05) is 24.3 Å². The van der Waals surface area contributed by atoms with Crippen molar-refractivity contribution >= 4 is 33.5 Å². The first-order valence-electron chi connectivity index (χ1n) is 5.21. The number of benzene rings is 1. The number of aromatic nitrogens is 2. The van der Waals surface area contributed by atoms with E-state index in [0.717, 1.165) is 10.2 Å². The molecule has 0 radical (unpaired) electrons. The summed E-state index contributed by atoms with van der Waals surface area (Å²) in [5, 5.41) is 13.5. The van der Waals surface area contributed by atoms with E-state index in [1.165, 1.54) is 0 Å². The van der Waals surface area contributed by atoms with Gasteiger partial charge in [0.25, 0.3) is 0 Å². The number of carboxylic acids is 1. The van der Waals surface area contributed by atoms with Crippen LogP contribution < -0.4 is 0 Å². The molecule has 0 aliphatic rings. The summed E-state index contributed by atoms with van der Waals surface area (Å²) in [6.07, 6.45) is -0.130. The van der Waals surface area contributed by atoms with E-state index in [9.17, 15) is 4.79 Å². The summed E-state index contributed by atoms with van der Waals surface area (Å²) in [6.45, 7) is 1.75.